The Morgan fingerprint density at radius 1 is 1.28 bits per heavy atom. The van der Waals surface area contributed by atoms with Crippen LogP contribution in [0, 0.1) is 0 Å². The first-order chi connectivity index (χ1) is 8.45. The molecule has 0 unspecified atom stereocenters. The summed E-state index contributed by atoms with van der Waals surface area (Å²) in [7, 11) is 0. The van der Waals surface area contributed by atoms with Gasteiger partial charge in [0.25, 0.3) is 0 Å². The Kier molecular flexibility index (Phi) is 4.95. The van der Waals surface area contributed by atoms with Crippen molar-refractivity contribution in [2.75, 3.05) is 0 Å². The number of hydrogen-bond donors (Lipinski definition) is 0. The second-order valence-electron chi connectivity index (χ2n) is 3.61. The molecular formula is C13H13F3O2. The van der Waals surface area contributed by atoms with Crippen LogP contribution in [0.15, 0.2) is 36.4 Å². The third-order valence-corrected chi connectivity index (χ3v) is 2.11. The molecule has 0 aliphatic heterocycles. The number of esters is 1. The largest absolute Gasteiger partial charge is 0.491 e. The van der Waals surface area contributed by atoms with E-state index in [4.69, 9.17) is 0 Å². The van der Waals surface area contributed by atoms with E-state index < -0.39 is 12.1 Å². The van der Waals surface area contributed by atoms with Gasteiger partial charge in [0.15, 0.2) is 0 Å². The van der Waals surface area contributed by atoms with E-state index >= 15 is 0 Å². The first-order valence-electron chi connectivity index (χ1n) is 5.49. The molecule has 1 aromatic rings. The van der Waals surface area contributed by atoms with Crippen LogP contribution in [-0.2, 0) is 9.53 Å². The predicted molar refractivity (Wildman–Crippen MR) is 61.5 cm³/mol. The standard InChI is InChI=1S/C13H13F3O2/c1-2-3-9-11(10-7-5-4-6-8-10)18-12(17)13(14,15)16/h4-9H,2-3H2,1H3/b11-9+. The topological polar surface area (TPSA) is 26.3 Å². The van der Waals surface area contributed by atoms with Gasteiger partial charge >= 0.3 is 12.1 Å². The molecule has 0 amide bonds. The molecule has 0 bridgehead atoms. The summed E-state index contributed by atoms with van der Waals surface area (Å²) in [4.78, 5) is 10.8. The minimum absolute atomic E-state index is 0.0558. The third kappa shape index (κ3) is 4.24. The zero-order valence-corrected chi connectivity index (χ0v) is 9.83. The molecule has 0 spiro atoms. The lowest BCUT2D eigenvalue weighted by Gasteiger charge is -2.10. The zero-order chi connectivity index (χ0) is 13.6. The molecule has 1 aromatic carbocycles. The van der Waals surface area contributed by atoms with Gasteiger partial charge in [-0.05, 0) is 12.5 Å². The number of unbranched alkanes of at least 4 members (excludes halogenated alkanes) is 1. The van der Waals surface area contributed by atoms with E-state index in [2.05, 4.69) is 4.74 Å². The molecule has 0 aliphatic rings. The van der Waals surface area contributed by atoms with Gasteiger partial charge in [-0.25, -0.2) is 4.79 Å². The summed E-state index contributed by atoms with van der Waals surface area (Å²) in [5, 5.41) is 0. The van der Waals surface area contributed by atoms with E-state index in [1.54, 1.807) is 30.3 Å². The molecule has 2 nitrogen and oxygen atoms in total. The molecule has 0 atom stereocenters. The highest BCUT2D eigenvalue weighted by atomic mass is 19.4. The van der Waals surface area contributed by atoms with Gasteiger partial charge in [-0.15, -0.1) is 0 Å². The quantitative estimate of drug-likeness (QED) is 0.604. The second-order valence-corrected chi connectivity index (χ2v) is 3.61. The maximum atomic E-state index is 12.1. The Labute approximate surface area is 103 Å². The number of ether oxygens (including phenoxy) is 1. The highest BCUT2D eigenvalue weighted by molar-refractivity contribution is 5.82. The van der Waals surface area contributed by atoms with Crippen LogP contribution in [0.3, 0.4) is 0 Å². The maximum Gasteiger partial charge on any atom is 0.491 e. The number of hydrogen-bond acceptors (Lipinski definition) is 2. The average Bonchev–Trinajstić information content (AvgIpc) is 2.34. The van der Waals surface area contributed by atoms with Crippen molar-refractivity contribution in [2.45, 2.75) is 25.9 Å². The molecule has 0 heterocycles. The lowest BCUT2D eigenvalue weighted by Crippen LogP contribution is -2.24. The van der Waals surface area contributed by atoms with E-state index in [9.17, 15) is 18.0 Å². The van der Waals surface area contributed by atoms with Gasteiger partial charge in [-0.2, -0.15) is 13.2 Å². The normalized spacial score (nSPS) is 12.3. The Balaban J connectivity index is 2.91. The number of carbonyl (C=O) groups is 1. The van der Waals surface area contributed by atoms with Crippen molar-refractivity contribution in [3.63, 3.8) is 0 Å². The molecule has 0 aliphatic carbocycles. The summed E-state index contributed by atoms with van der Waals surface area (Å²) in [6, 6.07) is 8.23. The fraction of sp³-hybridized carbons (Fsp3) is 0.308. The van der Waals surface area contributed by atoms with Crippen molar-refractivity contribution in [3.8, 4) is 0 Å². The fourth-order valence-electron chi connectivity index (χ4n) is 1.25. The van der Waals surface area contributed by atoms with Gasteiger partial charge < -0.3 is 4.74 Å². The highest BCUT2D eigenvalue weighted by Gasteiger charge is 2.41. The fourth-order valence-corrected chi connectivity index (χ4v) is 1.25. The molecule has 1 rings (SSSR count). The molecule has 0 N–H and O–H groups in total. The van der Waals surface area contributed by atoms with Crippen molar-refractivity contribution in [2.24, 2.45) is 0 Å². The van der Waals surface area contributed by atoms with E-state index in [1.807, 2.05) is 6.92 Å². The molecule has 98 valence electrons. The molecule has 0 radical (unpaired) electrons. The number of halogens is 3. The number of carbonyl (C=O) groups excluding carboxylic acids is 1. The molecule has 18 heavy (non-hydrogen) atoms. The number of benzene rings is 1. The van der Waals surface area contributed by atoms with Crippen LogP contribution < -0.4 is 0 Å². The summed E-state index contributed by atoms with van der Waals surface area (Å²) in [6.07, 6.45) is -2.21. The first kappa shape index (κ1) is 14.3. The number of rotatable bonds is 4. The van der Waals surface area contributed by atoms with Gasteiger partial charge in [0.1, 0.15) is 5.76 Å². The third-order valence-electron chi connectivity index (χ3n) is 2.11. The minimum atomic E-state index is -4.99. The number of alkyl halides is 3. The van der Waals surface area contributed by atoms with Crippen molar-refractivity contribution in [1.82, 2.24) is 0 Å². The van der Waals surface area contributed by atoms with Crippen LogP contribution in [0.2, 0.25) is 0 Å². The van der Waals surface area contributed by atoms with Gasteiger partial charge in [0.2, 0.25) is 0 Å². The van der Waals surface area contributed by atoms with Crippen LogP contribution in [-0.4, -0.2) is 12.1 Å². The summed E-state index contributed by atoms with van der Waals surface area (Å²) >= 11 is 0. The molecule has 0 aromatic heterocycles. The highest BCUT2D eigenvalue weighted by Crippen LogP contribution is 2.23. The Bertz CT molecular complexity index is 422. The smallest absolute Gasteiger partial charge is 0.420 e. The van der Waals surface area contributed by atoms with Gasteiger partial charge in [0, 0.05) is 5.56 Å². The van der Waals surface area contributed by atoms with Crippen molar-refractivity contribution in [1.29, 1.82) is 0 Å². The summed E-state index contributed by atoms with van der Waals surface area (Å²) in [5.41, 5.74) is 0.448. The minimum Gasteiger partial charge on any atom is -0.420 e. The Morgan fingerprint density at radius 2 is 1.89 bits per heavy atom. The number of allylic oxidation sites excluding steroid dienone is 1. The monoisotopic (exact) mass is 258 g/mol. The van der Waals surface area contributed by atoms with Crippen LogP contribution in [0.4, 0.5) is 13.2 Å². The van der Waals surface area contributed by atoms with E-state index in [0.717, 1.165) is 6.42 Å². The van der Waals surface area contributed by atoms with Gasteiger partial charge in [-0.3, -0.25) is 0 Å². The lowest BCUT2D eigenvalue weighted by atomic mass is 10.1. The van der Waals surface area contributed by atoms with E-state index in [-0.39, 0.29) is 5.76 Å². The van der Waals surface area contributed by atoms with Crippen LogP contribution >= 0.6 is 0 Å². The summed E-state index contributed by atoms with van der Waals surface area (Å²) in [5.74, 6) is -2.26. The molecule has 0 saturated heterocycles. The average molecular weight is 258 g/mol. The van der Waals surface area contributed by atoms with Gasteiger partial charge in [0.05, 0.1) is 0 Å². The van der Waals surface area contributed by atoms with Crippen molar-refractivity contribution >= 4 is 11.7 Å². The summed E-state index contributed by atoms with van der Waals surface area (Å²) < 4.78 is 40.8. The Morgan fingerprint density at radius 3 is 2.39 bits per heavy atom. The van der Waals surface area contributed by atoms with Crippen molar-refractivity contribution < 1.29 is 22.7 Å². The van der Waals surface area contributed by atoms with E-state index in [1.165, 1.54) is 6.08 Å². The molecule has 5 heteroatoms. The molecule has 0 saturated carbocycles. The van der Waals surface area contributed by atoms with Crippen LogP contribution in [0.1, 0.15) is 25.3 Å². The zero-order valence-electron chi connectivity index (χ0n) is 9.83. The Hall–Kier alpha value is -1.78. The first-order valence-corrected chi connectivity index (χ1v) is 5.49. The predicted octanol–water partition coefficient (Wildman–Crippen LogP) is 3.93. The van der Waals surface area contributed by atoms with Crippen LogP contribution in [0.5, 0.6) is 0 Å². The molecule has 0 fully saturated rings. The van der Waals surface area contributed by atoms with Crippen LogP contribution in [0.25, 0.3) is 5.76 Å². The maximum absolute atomic E-state index is 12.1. The summed E-state index contributed by atoms with van der Waals surface area (Å²) in [6.45, 7) is 1.88. The SMILES string of the molecule is CCC/C=C(/OC(=O)C(F)(F)F)c1ccccc1. The van der Waals surface area contributed by atoms with Crippen molar-refractivity contribution in [3.05, 3.63) is 42.0 Å². The van der Waals surface area contributed by atoms with E-state index in [0.29, 0.717) is 12.0 Å². The lowest BCUT2D eigenvalue weighted by molar-refractivity contribution is -0.192. The van der Waals surface area contributed by atoms with Gasteiger partial charge in [-0.1, -0.05) is 43.7 Å². The second kappa shape index (κ2) is 6.23. The molecular weight excluding hydrogens is 245 g/mol.